The van der Waals surface area contributed by atoms with E-state index in [-0.39, 0.29) is 26.7 Å². The zero-order valence-corrected chi connectivity index (χ0v) is 21.9. The van der Waals surface area contributed by atoms with E-state index in [1.807, 2.05) is 0 Å². The smallest absolute Gasteiger partial charge is 0.350 e. The first-order chi connectivity index (χ1) is 18.7. The van der Waals surface area contributed by atoms with Gasteiger partial charge in [0.15, 0.2) is 16.6 Å². The topological polar surface area (TPSA) is 142 Å². The monoisotopic (exact) mass is 550 g/mol. The number of carbonyl (C=O) groups is 4. The highest BCUT2D eigenvalue weighted by atomic mass is 32.1. The molecular formula is C27H22N2O9S. The zero-order valence-electron chi connectivity index (χ0n) is 21.0. The molecule has 3 heterocycles. The lowest BCUT2D eigenvalue weighted by Crippen LogP contribution is -2.29. The van der Waals surface area contributed by atoms with Gasteiger partial charge in [0, 0.05) is 5.56 Å². The Morgan fingerprint density at radius 1 is 0.974 bits per heavy atom. The van der Waals surface area contributed by atoms with Gasteiger partial charge in [-0.2, -0.15) is 0 Å². The SMILES string of the molecule is COC(=O)c1ccc(C2/C(=C(\O)c3ccc4c(c3)OCCO4)C(=O)C(=O)N2c2nc(C)c(C(=O)OC)s2)cc1. The molecule has 1 amide bonds. The van der Waals surface area contributed by atoms with Crippen LogP contribution in [-0.4, -0.2) is 61.2 Å². The number of ether oxygens (including phenoxy) is 4. The van der Waals surface area contributed by atoms with Gasteiger partial charge in [-0.05, 0) is 42.8 Å². The summed E-state index contributed by atoms with van der Waals surface area (Å²) in [5.41, 5.74) is 1.01. The fourth-order valence-corrected chi connectivity index (χ4v) is 5.39. The van der Waals surface area contributed by atoms with E-state index >= 15 is 0 Å². The molecule has 2 aromatic carbocycles. The van der Waals surface area contributed by atoms with Crippen molar-refractivity contribution in [2.75, 3.05) is 32.3 Å². The van der Waals surface area contributed by atoms with Crippen LogP contribution in [0.3, 0.4) is 0 Å². The number of anilines is 1. The van der Waals surface area contributed by atoms with E-state index in [9.17, 15) is 24.3 Å². The van der Waals surface area contributed by atoms with Gasteiger partial charge in [-0.3, -0.25) is 14.5 Å². The third-order valence-corrected chi connectivity index (χ3v) is 7.41. The quantitative estimate of drug-likeness (QED) is 0.217. The number of fused-ring (bicyclic) bond motifs is 1. The maximum atomic E-state index is 13.4. The van der Waals surface area contributed by atoms with Crippen molar-refractivity contribution < 1.29 is 43.2 Å². The van der Waals surface area contributed by atoms with Crippen LogP contribution in [0.15, 0.2) is 48.0 Å². The number of benzene rings is 2. The molecule has 0 radical (unpaired) electrons. The van der Waals surface area contributed by atoms with E-state index in [0.717, 1.165) is 16.2 Å². The lowest BCUT2D eigenvalue weighted by atomic mass is 9.94. The minimum Gasteiger partial charge on any atom is -0.507 e. The zero-order chi connectivity index (χ0) is 27.8. The summed E-state index contributed by atoms with van der Waals surface area (Å²) in [4.78, 5) is 56.7. The minimum absolute atomic E-state index is 0.0678. The van der Waals surface area contributed by atoms with Crippen molar-refractivity contribution in [3.05, 3.63) is 75.3 Å². The Hall–Kier alpha value is -4.71. The second-order valence-corrected chi connectivity index (χ2v) is 9.52. The highest BCUT2D eigenvalue weighted by Crippen LogP contribution is 2.44. The summed E-state index contributed by atoms with van der Waals surface area (Å²) in [6.07, 6.45) is 0. The average Bonchev–Trinajstić information content (AvgIpc) is 3.47. The van der Waals surface area contributed by atoms with Crippen LogP contribution in [0.2, 0.25) is 0 Å². The first-order valence-electron chi connectivity index (χ1n) is 11.7. The summed E-state index contributed by atoms with van der Waals surface area (Å²) in [5.74, 6) is -2.65. The number of aryl methyl sites for hydroxylation is 1. The molecule has 0 aliphatic carbocycles. The number of aliphatic hydroxyl groups excluding tert-OH is 1. The number of amides is 1. The molecule has 0 bridgehead atoms. The summed E-state index contributed by atoms with van der Waals surface area (Å²) in [6.45, 7) is 2.28. The lowest BCUT2D eigenvalue weighted by Gasteiger charge is -2.23. The second kappa shape index (κ2) is 10.2. The van der Waals surface area contributed by atoms with Crippen LogP contribution < -0.4 is 14.4 Å². The van der Waals surface area contributed by atoms with Crippen LogP contribution >= 0.6 is 11.3 Å². The lowest BCUT2D eigenvalue weighted by molar-refractivity contribution is -0.132. The molecule has 5 rings (SSSR count). The predicted molar refractivity (Wildman–Crippen MR) is 138 cm³/mol. The molecule has 1 fully saturated rings. The number of Topliss-reactive ketones (excluding diaryl/α,β-unsaturated/α-hetero) is 1. The van der Waals surface area contributed by atoms with Crippen molar-refractivity contribution in [1.29, 1.82) is 0 Å². The van der Waals surface area contributed by atoms with E-state index < -0.39 is 35.4 Å². The van der Waals surface area contributed by atoms with Gasteiger partial charge >= 0.3 is 17.8 Å². The Bertz CT molecular complexity index is 1540. The van der Waals surface area contributed by atoms with E-state index in [0.29, 0.717) is 36.0 Å². The molecule has 1 atom stereocenters. The van der Waals surface area contributed by atoms with E-state index in [2.05, 4.69) is 4.98 Å². The molecule has 200 valence electrons. The number of esters is 2. The molecule has 1 saturated heterocycles. The molecular weight excluding hydrogens is 528 g/mol. The summed E-state index contributed by atoms with van der Waals surface area (Å²) in [6, 6.07) is 9.63. The van der Waals surface area contributed by atoms with Crippen molar-refractivity contribution in [3.8, 4) is 11.5 Å². The number of carbonyl (C=O) groups excluding carboxylic acids is 4. The highest BCUT2D eigenvalue weighted by Gasteiger charge is 2.48. The predicted octanol–water partition coefficient (Wildman–Crippen LogP) is 3.42. The van der Waals surface area contributed by atoms with Crippen LogP contribution in [-0.2, 0) is 19.1 Å². The molecule has 1 N–H and O–H groups in total. The average molecular weight is 551 g/mol. The Balaban J connectivity index is 1.68. The minimum atomic E-state index is -1.12. The Labute approximate surface area is 226 Å². The van der Waals surface area contributed by atoms with Crippen LogP contribution in [0.1, 0.15) is 42.9 Å². The number of hydrogen-bond acceptors (Lipinski definition) is 11. The number of thiazole rings is 1. The highest BCUT2D eigenvalue weighted by molar-refractivity contribution is 7.17. The molecule has 3 aromatic rings. The number of aliphatic hydroxyl groups is 1. The van der Waals surface area contributed by atoms with E-state index in [1.54, 1.807) is 31.2 Å². The number of nitrogens with zero attached hydrogens (tertiary/aromatic N) is 2. The molecule has 11 nitrogen and oxygen atoms in total. The first kappa shape index (κ1) is 25.9. The summed E-state index contributed by atoms with van der Waals surface area (Å²) in [5, 5.41) is 11.5. The largest absolute Gasteiger partial charge is 0.507 e. The van der Waals surface area contributed by atoms with Crippen molar-refractivity contribution in [2.45, 2.75) is 13.0 Å². The van der Waals surface area contributed by atoms with Crippen molar-refractivity contribution in [2.24, 2.45) is 0 Å². The number of hydrogen-bond donors (Lipinski definition) is 1. The van der Waals surface area contributed by atoms with Gasteiger partial charge < -0.3 is 24.1 Å². The molecule has 2 aliphatic rings. The Morgan fingerprint density at radius 3 is 2.28 bits per heavy atom. The van der Waals surface area contributed by atoms with Crippen molar-refractivity contribution in [3.63, 3.8) is 0 Å². The fourth-order valence-electron chi connectivity index (χ4n) is 4.38. The third-order valence-electron chi connectivity index (χ3n) is 6.27. The standard InChI is InChI=1S/C27H22N2O9S/c1-13-23(26(34)36-3)39-27(28-13)29-20(14-4-6-15(7-5-14)25(33)35-2)19(22(31)24(29)32)21(30)16-8-9-17-18(12-16)38-11-10-37-17/h4-9,12,20,30H,10-11H2,1-3H3/b21-19+. The van der Waals surface area contributed by atoms with Gasteiger partial charge in [0.1, 0.15) is 23.9 Å². The third kappa shape index (κ3) is 4.48. The normalized spacial score (nSPS) is 17.7. The van der Waals surface area contributed by atoms with E-state index in [4.69, 9.17) is 18.9 Å². The Morgan fingerprint density at radius 2 is 1.62 bits per heavy atom. The van der Waals surface area contributed by atoms with Gasteiger partial charge in [-0.15, -0.1) is 0 Å². The number of ketones is 1. The fraction of sp³-hybridized carbons (Fsp3) is 0.222. The van der Waals surface area contributed by atoms with E-state index in [1.165, 1.54) is 32.4 Å². The molecule has 0 spiro atoms. The number of rotatable bonds is 5. The Kier molecular flexibility index (Phi) is 6.79. The first-order valence-corrected chi connectivity index (χ1v) is 12.5. The summed E-state index contributed by atoms with van der Waals surface area (Å²) < 4.78 is 20.7. The van der Waals surface area contributed by atoms with Gasteiger partial charge in [0.05, 0.1) is 37.1 Å². The van der Waals surface area contributed by atoms with Crippen LogP contribution in [0, 0.1) is 6.92 Å². The molecule has 1 unspecified atom stereocenters. The molecule has 2 aliphatic heterocycles. The maximum Gasteiger partial charge on any atom is 0.350 e. The van der Waals surface area contributed by atoms with Gasteiger partial charge in [0.25, 0.3) is 5.78 Å². The number of methoxy groups -OCH3 is 2. The van der Waals surface area contributed by atoms with Crippen LogP contribution in [0.4, 0.5) is 5.13 Å². The van der Waals surface area contributed by atoms with Crippen LogP contribution in [0.25, 0.3) is 5.76 Å². The van der Waals surface area contributed by atoms with Gasteiger partial charge in [-0.1, -0.05) is 23.5 Å². The summed E-state index contributed by atoms with van der Waals surface area (Å²) >= 11 is 0.886. The molecule has 0 saturated carbocycles. The van der Waals surface area contributed by atoms with Gasteiger partial charge in [0.2, 0.25) is 0 Å². The van der Waals surface area contributed by atoms with Crippen LogP contribution in [0.5, 0.6) is 11.5 Å². The number of aromatic nitrogens is 1. The maximum absolute atomic E-state index is 13.4. The molecule has 1 aromatic heterocycles. The molecule has 39 heavy (non-hydrogen) atoms. The second-order valence-electron chi connectivity index (χ2n) is 8.54. The van der Waals surface area contributed by atoms with Gasteiger partial charge in [-0.25, -0.2) is 14.6 Å². The van der Waals surface area contributed by atoms with Crippen molar-refractivity contribution >= 4 is 45.9 Å². The summed E-state index contributed by atoms with van der Waals surface area (Å²) in [7, 11) is 2.48. The molecule has 12 heteroatoms. The van der Waals surface area contributed by atoms with Crippen molar-refractivity contribution in [1.82, 2.24) is 4.98 Å².